The summed E-state index contributed by atoms with van der Waals surface area (Å²) in [6, 6.07) is 11.1. The average Bonchev–Trinajstić information content (AvgIpc) is 2.83. The molecule has 2 amide bonds. The van der Waals surface area contributed by atoms with Gasteiger partial charge < -0.3 is 21.1 Å². The number of pyridine rings is 1. The van der Waals surface area contributed by atoms with Gasteiger partial charge in [-0.1, -0.05) is 23.7 Å². The van der Waals surface area contributed by atoms with Gasteiger partial charge in [0, 0.05) is 17.4 Å². The molecule has 0 aliphatic rings. The average molecular weight is 515 g/mol. The number of carbonyl (C=O) groups excluding carboxylic acids is 1. The van der Waals surface area contributed by atoms with Gasteiger partial charge in [-0.15, -0.1) is 0 Å². The summed E-state index contributed by atoms with van der Waals surface area (Å²) in [5.41, 5.74) is 7.35. The van der Waals surface area contributed by atoms with E-state index in [1.165, 1.54) is 31.6 Å². The van der Waals surface area contributed by atoms with Crippen molar-refractivity contribution in [2.24, 2.45) is 0 Å². The minimum Gasteiger partial charge on any atom is -0.424 e. The summed E-state index contributed by atoms with van der Waals surface area (Å²) in [6.07, 6.45) is -0.341. The number of urea groups is 1. The molecule has 2 aromatic carbocycles. The number of alkyl halides is 3. The lowest BCUT2D eigenvalue weighted by molar-refractivity contribution is -0.137. The van der Waals surface area contributed by atoms with Crippen molar-refractivity contribution in [2.45, 2.75) is 13.1 Å². The number of rotatable bonds is 5. The summed E-state index contributed by atoms with van der Waals surface area (Å²) >= 11 is 5.99. The van der Waals surface area contributed by atoms with Crippen molar-refractivity contribution in [3.05, 3.63) is 83.3 Å². The van der Waals surface area contributed by atoms with E-state index >= 15 is 0 Å². The smallest absolute Gasteiger partial charge is 0.416 e. The Labute approximate surface area is 208 Å². The number of nitrogens with one attached hydrogen (secondary N) is 2. The fourth-order valence-corrected chi connectivity index (χ4v) is 3.35. The quantitative estimate of drug-likeness (QED) is 0.278. The Kier molecular flexibility index (Phi) is 6.93. The first kappa shape index (κ1) is 24.7. The van der Waals surface area contributed by atoms with Crippen LogP contribution >= 0.6 is 11.6 Å². The molecule has 0 unspecified atom stereocenters. The van der Waals surface area contributed by atoms with E-state index in [1.54, 1.807) is 30.3 Å². The number of anilines is 3. The molecule has 36 heavy (non-hydrogen) atoms. The van der Waals surface area contributed by atoms with E-state index in [0.717, 1.165) is 17.7 Å². The Bertz CT molecular complexity index is 1400. The van der Waals surface area contributed by atoms with Crippen molar-refractivity contribution >= 4 is 34.8 Å². The van der Waals surface area contributed by atoms with E-state index < -0.39 is 17.8 Å². The highest BCUT2D eigenvalue weighted by atomic mass is 35.5. The molecule has 0 aliphatic carbocycles. The number of ether oxygens (including phenoxy) is 1. The van der Waals surface area contributed by atoms with Crippen LogP contribution in [-0.4, -0.2) is 21.0 Å². The Morgan fingerprint density at radius 2 is 1.67 bits per heavy atom. The molecule has 0 saturated carbocycles. The maximum atomic E-state index is 12.8. The summed E-state index contributed by atoms with van der Waals surface area (Å²) in [4.78, 5) is 24.4. The molecule has 2 heterocycles. The van der Waals surface area contributed by atoms with Crippen LogP contribution in [0.2, 0.25) is 5.02 Å². The van der Waals surface area contributed by atoms with Crippen LogP contribution in [-0.2, 0) is 6.18 Å². The highest BCUT2D eigenvalue weighted by molar-refractivity contribution is 6.30. The Hall–Kier alpha value is -4.38. The third-order valence-corrected chi connectivity index (χ3v) is 5.15. The molecular formula is C24H18ClF3N6O2. The minimum absolute atomic E-state index is 0.0382. The number of aryl methyl sites for hydroxylation is 1. The third kappa shape index (κ3) is 5.99. The monoisotopic (exact) mass is 514 g/mol. The zero-order chi connectivity index (χ0) is 25.9. The van der Waals surface area contributed by atoms with Crippen LogP contribution in [0, 0.1) is 6.92 Å². The van der Waals surface area contributed by atoms with Crippen LogP contribution in [0.3, 0.4) is 0 Å². The maximum absolute atomic E-state index is 12.8. The number of carbonyl (C=O) groups is 1. The van der Waals surface area contributed by atoms with E-state index in [4.69, 9.17) is 22.1 Å². The molecule has 0 atom stereocenters. The maximum Gasteiger partial charge on any atom is 0.416 e. The first-order valence-corrected chi connectivity index (χ1v) is 10.7. The summed E-state index contributed by atoms with van der Waals surface area (Å²) in [5.74, 6) is 0.806. The highest BCUT2D eigenvalue weighted by Gasteiger charge is 2.30. The van der Waals surface area contributed by atoms with E-state index in [1.807, 2.05) is 0 Å². The minimum atomic E-state index is -4.46. The van der Waals surface area contributed by atoms with Gasteiger partial charge >= 0.3 is 18.2 Å². The first-order valence-electron chi connectivity index (χ1n) is 10.4. The van der Waals surface area contributed by atoms with Crippen LogP contribution < -0.4 is 21.1 Å². The standard InChI is InChI=1S/C24H18ClF3N6O2/c1-13-8-15(24(26,27)28)4-7-20(13)34-22(35)33-17-11-31-23(32-12-17)36-18-5-2-14(3-6-18)19-9-16(25)10-30-21(19)29/h2-12H,1H3,(H2,29,30)(H2,33,34,35). The molecule has 4 aromatic rings. The van der Waals surface area contributed by atoms with Crippen molar-refractivity contribution in [3.8, 4) is 22.9 Å². The summed E-state index contributed by atoms with van der Waals surface area (Å²) in [6.45, 7) is 1.47. The number of nitrogen functional groups attached to an aromatic ring is 1. The molecule has 0 fully saturated rings. The van der Waals surface area contributed by atoms with Crippen LogP contribution in [0.15, 0.2) is 67.1 Å². The second-order valence-corrected chi connectivity index (χ2v) is 8.01. The number of amides is 2. The fraction of sp³-hybridized carbons (Fsp3) is 0.0833. The van der Waals surface area contributed by atoms with Crippen LogP contribution in [0.25, 0.3) is 11.1 Å². The lowest BCUT2D eigenvalue weighted by Gasteiger charge is -2.12. The van der Waals surface area contributed by atoms with Crippen molar-refractivity contribution < 1.29 is 22.7 Å². The van der Waals surface area contributed by atoms with E-state index in [2.05, 4.69) is 25.6 Å². The Balaban J connectivity index is 1.36. The van der Waals surface area contributed by atoms with E-state index in [9.17, 15) is 18.0 Å². The molecule has 8 nitrogen and oxygen atoms in total. The van der Waals surface area contributed by atoms with Gasteiger partial charge in [0.15, 0.2) is 0 Å². The van der Waals surface area contributed by atoms with E-state index in [0.29, 0.717) is 22.2 Å². The largest absolute Gasteiger partial charge is 0.424 e. The number of halogens is 4. The second-order valence-electron chi connectivity index (χ2n) is 7.57. The number of nitrogens with zero attached hydrogens (tertiary/aromatic N) is 3. The van der Waals surface area contributed by atoms with Crippen LogP contribution in [0.4, 0.5) is 35.2 Å². The topological polar surface area (TPSA) is 115 Å². The van der Waals surface area contributed by atoms with Crippen LogP contribution in [0.1, 0.15) is 11.1 Å². The zero-order valence-electron chi connectivity index (χ0n) is 18.6. The molecule has 0 aliphatic heterocycles. The molecule has 2 aromatic heterocycles. The van der Waals surface area contributed by atoms with Gasteiger partial charge in [-0.2, -0.15) is 13.2 Å². The van der Waals surface area contributed by atoms with Crippen molar-refractivity contribution in [1.29, 1.82) is 0 Å². The zero-order valence-corrected chi connectivity index (χ0v) is 19.4. The fourth-order valence-electron chi connectivity index (χ4n) is 3.19. The molecule has 0 saturated heterocycles. The normalized spacial score (nSPS) is 11.1. The summed E-state index contributed by atoms with van der Waals surface area (Å²) < 4.78 is 44.0. The molecule has 0 spiro atoms. The van der Waals surface area contributed by atoms with Gasteiger partial charge in [0.05, 0.1) is 28.7 Å². The second kappa shape index (κ2) is 10.1. The molecule has 4 rings (SSSR count). The molecule has 184 valence electrons. The lowest BCUT2D eigenvalue weighted by atomic mass is 10.1. The lowest BCUT2D eigenvalue weighted by Crippen LogP contribution is -2.20. The van der Waals surface area contributed by atoms with Gasteiger partial charge in [-0.05, 0) is 54.4 Å². The number of hydrogen-bond acceptors (Lipinski definition) is 6. The highest BCUT2D eigenvalue weighted by Crippen LogP contribution is 2.32. The number of hydrogen-bond donors (Lipinski definition) is 3. The Morgan fingerprint density at radius 1 is 0.972 bits per heavy atom. The SMILES string of the molecule is Cc1cc(C(F)(F)F)ccc1NC(=O)Nc1cnc(Oc2ccc(-c3cc(Cl)cnc3N)cc2)nc1. The molecule has 12 heteroatoms. The molecule has 4 N–H and O–H groups in total. The van der Waals surface area contributed by atoms with Gasteiger partial charge in [-0.25, -0.2) is 19.7 Å². The molecular weight excluding hydrogens is 497 g/mol. The number of aromatic nitrogens is 3. The van der Waals surface area contributed by atoms with Gasteiger partial charge in [0.25, 0.3) is 0 Å². The summed E-state index contributed by atoms with van der Waals surface area (Å²) in [7, 11) is 0. The first-order chi connectivity index (χ1) is 17.1. The Morgan fingerprint density at radius 3 is 2.31 bits per heavy atom. The van der Waals surface area contributed by atoms with Crippen molar-refractivity contribution in [3.63, 3.8) is 0 Å². The van der Waals surface area contributed by atoms with Gasteiger partial charge in [0.1, 0.15) is 11.6 Å². The summed E-state index contributed by atoms with van der Waals surface area (Å²) in [5, 5.41) is 5.46. The van der Waals surface area contributed by atoms with Crippen LogP contribution in [0.5, 0.6) is 11.8 Å². The molecule has 0 radical (unpaired) electrons. The number of nitrogens with two attached hydrogens (primary N) is 1. The third-order valence-electron chi connectivity index (χ3n) is 4.95. The van der Waals surface area contributed by atoms with Gasteiger partial charge in [-0.3, -0.25) is 0 Å². The van der Waals surface area contributed by atoms with Crippen molar-refractivity contribution in [2.75, 3.05) is 16.4 Å². The predicted molar refractivity (Wildman–Crippen MR) is 130 cm³/mol. The molecule has 0 bridgehead atoms. The van der Waals surface area contributed by atoms with E-state index in [-0.39, 0.29) is 22.9 Å². The number of benzene rings is 2. The van der Waals surface area contributed by atoms with Crippen molar-refractivity contribution in [1.82, 2.24) is 15.0 Å². The predicted octanol–water partition coefficient (Wildman–Crippen LogP) is 6.54. The van der Waals surface area contributed by atoms with Gasteiger partial charge in [0.2, 0.25) is 0 Å².